The second-order valence-corrected chi connectivity index (χ2v) is 10.7. The molecule has 0 bridgehead atoms. The first-order chi connectivity index (χ1) is 9.12. The van der Waals surface area contributed by atoms with Gasteiger partial charge < -0.3 is 13.9 Å². The predicted molar refractivity (Wildman–Crippen MR) is 78.6 cm³/mol. The van der Waals surface area contributed by atoms with E-state index in [0.29, 0.717) is 0 Å². The van der Waals surface area contributed by atoms with Crippen LogP contribution in [0.15, 0.2) is 0 Å². The molecule has 4 nitrogen and oxygen atoms in total. The lowest BCUT2D eigenvalue weighted by Gasteiger charge is -2.33. The van der Waals surface area contributed by atoms with Gasteiger partial charge in [0.2, 0.25) is 0 Å². The van der Waals surface area contributed by atoms with Crippen molar-refractivity contribution in [3.63, 3.8) is 0 Å². The summed E-state index contributed by atoms with van der Waals surface area (Å²) in [5, 5.41) is 0. The number of nitrogens with zero attached hydrogens (tertiary/aromatic N) is 1. The minimum Gasteiger partial charge on any atom is -0.420 e. The lowest BCUT2D eigenvalue weighted by atomic mass is 10.2. The number of rotatable bonds is 7. The molecule has 0 amide bonds. The Hall–Kier alpha value is 0.0569. The molecule has 0 aromatic carbocycles. The van der Waals surface area contributed by atoms with Gasteiger partial charge in [-0.25, -0.2) is 0 Å². The van der Waals surface area contributed by atoms with Gasteiger partial charge >= 0.3 is 0 Å². The third kappa shape index (κ3) is 4.53. The fourth-order valence-electron chi connectivity index (χ4n) is 2.91. The molecular weight excluding hydrogens is 258 g/mol. The highest BCUT2D eigenvalue weighted by Gasteiger charge is 2.32. The summed E-state index contributed by atoms with van der Waals surface area (Å²) in [6.45, 7) is 7.47. The van der Waals surface area contributed by atoms with Crippen LogP contribution in [0.5, 0.6) is 0 Å². The van der Waals surface area contributed by atoms with Gasteiger partial charge in [0.05, 0.1) is 0 Å². The average molecular weight is 287 g/mol. The van der Waals surface area contributed by atoms with E-state index in [1.807, 2.05) is 7.11 Å². The summed E-state index contributed by atoms with van der Waals surface area (Å²) in [6, 6.07) is 1.21. The van der Waals surface area contributed by atoms with E-state index in [4.69, 9.17) is 13.9 Å². The first-order valence-corrected chi connectivity index (χ1v) is 10.8. The summed E-state index contributed by atoms with van der Waals surface area (Å²) >= 11 is 0. The molecule has 2 unspecified atom stereocenters. The van der Waals surface area contributed by atoms with Gasteiger partial charge in [0.15, 0.2) is 8.32 Å². The van der Waals surface area contributed by atoms with Crippen LogP contribution in [0.1, 0.15) is 32.1 Å². The normalized spacial score (nSPS) is 28.4. The summed E-state index contributed by atoms with van der Waals surface area (Å²) in [6.07, 6.45) is 6.45. The maximum Gasteiger partial charge on any atom is 0.186 e. The first kappa shape index (κ1) is 15.4. The maximum absolute atomic E-state index is 5.86. The van der Waals surface area contributed by atoms with Crippen LogP contribution in [-0.2, 0) is 13.9 Å². The van der Waals surface area contributed by atoms with Gasteiger partial charge in [0.1, 0.15) is 12.5 Å². The summed E-state index contributed by atoms with van der Waals surface area (Å²) < 4.78 is 17.4. The summed E-state index contributed by atoms with van der Waals surface area (Å²) in [5.74, 6) is 0. The van der Waals surface area contributed by atoms with Gasteiger partial charge in [-0.05, 0) is 51.2 Å². The zero-order valence-electron chi connectivity index (χ0n) is 12.7. The van der Waals surface area contributed by atoms with Crippen LogP contribution < -0.4 is 0 Å². The van der Waals surface area contributed by atoms with Crippen LogP contribution in [-0.4, -0.2) is 52.5 Å². The predicted octanol–water partition coefficient (Wildman–Crippen LogP) is 2.80. The minimum absolute atomic E-state index is 0.287. The molecule has 2 fully saturated rings. The maximum atomic E-state index is 5.86. The lowest BCUT2D eigenvalue weighted by Crippen LogP contribution is -2.44. The molecule has 0 aromatic heterocycles. The highest BCUT2D eigenvalue weighted by molar-refractivity contribution is 6.71. The van der Waals surface area contributed by atoms with Crippen molar-refractivity contribution in [2.75, 3.05) is 26.9 Å². The van der Waals surface area contributed by atoms with Crippen molar-refractivity contribution in [1.29, 1.82) is 0 Å². The Labute approximate surface area is 118 Å². The van der Waals surface area contributed by atoms with Crippen molar-refractivity contribution < 1.29 is 13.9 Å². The third-order valence-corrected chi connectivity index (χ3v) is 6.96. The van der Waals surface area contributed by atoms with E-state index < -0.39 is 8.32 Å². The molecular formula is C14H29NO3Si. The quantitative estimate of drug-likeness (QED) is 0.674. The van der Waals surface area contributed by atoms with Crippen molar-refractivity contribution in [2.24, 2.45) is 0 Å². The van der Waals surface area contributed by atoms with Gasteiger partial charge in [-0.15, -0.1) is 0 Å². The molecule has 0 N–H and O–H groups in total. The number of ether oxygens (including phenoxy) is 2. The molecule has 0 aromatic rings. The summed E-state index contributed by atoms with van der Waals surface area (Å²) in [7, 11) is 0.420. The topological polar surface area (TPSA) is 30.9 Å². The van der Waals surface area contributed by atoms with E-state index in [9.17, 15) is 0 Å². The Bertz CT molecular complexity index is 247. The van der Waals surface area contributed by atoms with E-state index in [1.165, 1.54) is 25.3 Å². The first-order valence-electron chi connectivity index (χ1n) is 7.66. The van der Waals surface area contributed by atoms with Gasteiger partial charge in [0, 0.05) is 26.9 Å². The molecule has 2 rings (SSSR count). The zero-order chi connectivity index (χ0) is 13.7. The van der Waals surface area contributed by atoms with Crippen LogP contribution in [0.25, 0.3) is 0 Å². The molecule has 2 atom stereocenters. The Morgan fingerprint density at radius 3 is 2.11 bits per heavy atom. The number of hydrogen-bond donors (Lipinski definition) is 0. The molecule has 2 aliphatic rings. The van der Waals surface area contributed by atoms with Crippen LogP contribution in [0.2, 0.25) is 19.1 Å². The van der Waals surface area contributed by atoms with Crippen LogP contribution in [0, 0.1) is 0 Å². The minimum atomic E-state index is -1.43. The van der Waals surface area contributed by atoms with Gasteiger partial charge in [0.25, 0.3) is 0 Å². The van der Waals surface area contributed by atoms with E-state index >= 15 is 0 Å². The van der Waals surface area contributed by atoms with Crippen molar-refractivity contribution >= 4 is 8.32 Å². The highest BCUT2D eigenvalue weighted by atomic mass is 28.4. The Kier molecular flexibility index (Phi) is 5.83. The largest absolute Gasteiger partial charge is 0.420 e. The zero-order valence-corrected chi connectivity index (χ0v) is 13.7. The molecule has 19 heavy (non-hydrogen) atoms. The molecule has 5 heteroatoms. The number of hydrogen-bond acceptors (Lipinski definition) is 4. The fraction of sp³-hybridized carbons (Fsp3) is 1.00. The van der Waals surface area contributed by atoms with E-state index in [1.54, 1.807) is 0 Å². The molecule has 0 saturated carbocycles. The van der Waals surface area contributed by atoms with E-state index in [-0.39, 0.29) is 12.5 Å². The van der Waals surface area contributed by atoms with Gasteiger partial charge in [-0.1, -0.05) is 0 Å². The summed E-state index contributed by atoms with van der Waals surface area (Å²) in [4.78, 5) is 2.46. The fourth-order valence-corrected chi connectivity index (χ4v) is 4.12. The van der Waals surface area contributed by atoms with Crippen LogP contribution in [0.3, 0.4) is 0 Å². The van der Waals surface area contributed by atoms with Gasteiger partial charge in [-0.2, -0.15) is 0 Å². The molecule has 2 heterocycles. The smallest absolute Gasteiger partial charge is 0.186 e. The van der Waals surface area contributed by atoms with Crippen molar-refractivity contribution in [3.05, 3.63) is 0 Å². The third-order valence-electron chi connectivity index (χ3n) is 4.30. The van der Waals surface area contributed by atoms with Crippen molar-refractivity contribution in [1.82, 2.24) is 4.90 Å². The molecule has 0 spiro atoms. The van der Waals surface area contributed by atoms with E-state index in [0.717, 1.165) is 32.6 Å². The Morgan fingerprint density at radius 2 is 1.68 bits per heavy atom. The standard InChI is InChI=1S/C14H29NO3Si/c1-16-19(2,3)12-6-9-15(13-7-4-10-17-13)14-8-5-11-18-14/h13-14H,4-12H2,1-3H3. The molecule has 0 radical (unpaired) electrons. The Balaban J connectivity index is 1.83. The summed E-state index contributed by atoms with van der Waals surface area (Å²) in [5.41, 5.74) is 0. The highest BCUT2D eigenvalue weighted by Crippen LogP contribution is 2.26. The molecule has 112 valence electrons. The van der Waals surface area contributed by atoms with Gasteiger partial charge in [-0.3, -0.25) is 4.90 Å². The SMILES string of the molecule is CO[Si](C)(C)CCCN(C1CCCO1)C1CCCO1. The molecule has 0 aliphatic carbocycles. The monoisotopic (exact) mass is 287 g/mol. The lowest BCUT2D eigenvalue weighted by molar-refractivity contribution is -0.116. The van der Waals surface area contributed by atoms with Crippen LogP contribution in [0.4, 0.5) is 0 Å². The van der Waals surface area contributed by atoms with E-state index in [2.05, 4.69) is 18.0 Å². The second-order valence-electron chi connectivity index (χ2n) is 6.24. The second kappa shape index (κ2) is 7.18. The van der Waals surface area contributed by atoms with Crippen molar-refractivity contribution in [3.8, 4) is 0 Å². The Morgan fingerprint density at radius 1 is 1.11 bits per heavy atom. The average Bonchev–Trinajstić information content (AvgIpc) is 3.07. The molecule has 2 aliphatic heterocycles. The van der Waals surface area contributed by atoms with Crippen LogP contribution >= 0.6 is 0 Å². The van der Waals surface area contributed by atoms with Crippen molar-refractivity contribution in [2.45, 2.75) is 63.7 Å². The molecule has 2 saturated heterocycles.